The molecule has 0 aromatic heterocycles. The summed E-state index contributed by atoms with van der Waals surface area (Å²) in [5, 5.41) is 0.548. The van der Waals surface area contributed by atoms with E-state index in [1.54, 1.807) is 0 Å². The van der Waals surface area contributed by atoms with Gasteiger partial charge in [0.2, 0.25) is 0 Å². The lowest BCUT2D eigenvalue weighted by atomic mass is 10.7. The van der Waals surface area contributed by atoms with Gasteiger partial charge in [-0.1, -0.05) is 15.9 Å². The Kier molecular flexibility index (Phi) is 5.09. The van der Waals surface area contributed by atoms with E-state index in [0.29, 0.717) is 5.29 Å². The van der Waals surface area contributed by atoms with E-state index in [-0.39, 0.29) is 4.95 Å². The molecule has 0 rings (SSSR count). The fourth-order valence-corrected chi connectivity index (χ4v) is 0.967. The van der Waals surface area contributed by atoms with Crippen molar-refractivity contribution in [2.24, 2.45) is 4.99 Å². The number of hydrogen-bond acceptors (Lipinski definition) is 1. The minimum Gasteiger partial charge on any atom is -0.338 e. The molecule has 0 aromatic carbocycles. The molecule has 0 saturated heterocycles. The van der Waals surface area contributed by atoms with Crippen LogP contribution < -0.4 is 0 Å². The van der Waals surface area contributed by atoms with Crippen molar-refractivity contribution in [3.63, 3.8) is 0 Å². The van der Waals surface area contributed by atoms with Crippen LogP contribution in [-0.2, 0) is 0 Å². The number of aliphatic imine (C=N–C) groups is 1. The quantitative estimate of drug-likeness (QED) is 0.306. The molecule has 0 spiro atoms. The lowest BCUT2D eigenvalue weighted by Crippen LogP contribution is -2.27. The van der Waals surface area contributed by atoms with E-state index in [4.69, 9.17) is 11.6 Å². The van der Waals surface area contributed by atoms with Crippen LogP contribution in [0.1, 0.15) is 13.8 Å². The minimum atomic E-state index is 0.232. The van der Waals surface area contributed by atoms with E-state index < -0.39 is 0 Å². The summed E-state index contributed by atoms with van der Waals surface area (Å²) in [6.45, 7) is 4.67. The number of nitrogens with zero attached hydrogens (tertiary/aromatic N) is 2. The lowest BCUT2D eigenvalue weighted by Gasteiger charge is -2.19. The highest BCUT2D eigenvalue weighted by molar-refractivity contribution is 9.09. The van der Waals surface area contributed by atoms with Gasteiger partial charge in [0, 0.05) is 13.6 Å². The Morgan fingerprint density at radius 2 is 2.30 bits per heavy atom. The van der Waals surface area contributed by atoms with Crippen LogP contribution >= 0.6 is 27.5 Å². The minimum absolute atomic E-state index is 0.232. The zero-order valence-corrected chi connectivity index (χ0v) is 8.78. The first-order valence-corrected chi connectivity index (χ1v) is 4.45. The standard InChI is InChI=1S/C6H12BrClN2/c1-4-9-6(8)10(3)5(2)7/h5H,4H2,1-3H3/b9-6-. The maximum atomic E-state index is 5.77. The Bertz CT molecular complexity index is 125. The number of alkyl halides is 1. The maximum absolute atomic E-state index is 5.77. The Morgan fingerprint density at radius 1 is 1.80 bits per heavy atom. The molecule has 0 radical (unpaired) electrons. The van der Waals surface area contributed by atoms with Gasteiger partial charge in [-0.3, -0.25) is 4.99 Å². The molecule has 10 heavy (non-hydrogen) atoms. The molecule has 0 fully saturated rings. The normalized spacial score (nSPS) is 15.1. The topological polar surface area (TPSA) is 15.6 Å². The van der Waals surface area contributed by atoms with Crippen LogP contribution in [0.4, 0.5) is 0 Å². The predicted octanol–water partition coefficient (Wildman–Crippen LogP) is 2.27. The first-order valence-electron chi connectivity index (χ1n) is 3.16. The molecule has 4 heteroatoms. The van der Waals surface area contributed by atoms with Crippen LogP contribution in [0.5, 0.6) is 0 Å². The zero-order chi connectivity index (χ0) is 8.15. The van der Waals surface area contributed by atoms with Crippen molar-refractivity contribution in [1.29, 1.82) is 0 Å². The average Bonchev–Trinajstić information content (AvgIpc) is 1.87. The summed E-state index contributed by atoms with van der Waals surface area (Å²) in [6, 6.07) is 0. The second-order valence-electron chi connectivity index (χ2n) is 1.93. The first kappa shape index (κ1) is 10.2. The predicted molar refractivity (Wildman–Crippen MR) is 50.0 cm³/mol. The third-order valence-electron chi connectivity index (χ3n) is 1.11. The second kappa shape index (κ2) is 4.97. The van der Waals surface area contributed by atoms with E-state index in [9.17, 15) is 0 Å². The fraction of sp³-hybridized carbons (Fsp3) is 0.833. The molecule has 0 aromatic rings. The van der Waals surface area contributed by atoms with Gasteiger partial charge in [0.05, 0.1) is 4.95 Å². The van der Waals surface area contributed by atoms with Gasteiger partial charge in [0.25, 0.3) is 0 Å². The highest BCUT2D eigenvalue weighted by Gasteiger charge is 2.06. The van der Waals surface area contributed by atoms with Crippen LogP contribution in [0.2, 0.25) is 0 Å². The molecule has 0 aliphatic heterocycles. The van der Waals surface area contributed by atoms with E-state index in [1.165, 1.54) is 0 Å². The van der Waals surface area contributed by atoms with Crippen LogP contribution in [0.25, 0.3) is 0 Å². The molecular formula is C6H12BrClN2. The van der Waals surface area contributed by atoms with Gasteiger partial charge >= 0.3 is 0 Å². The highest BCUT2D eigenvalue weighted by atomic mass is 79.9. The molecule has 0 amide bonds. The third kappa shape index (κ3) is 3.42. The number of amidine groups is 1. The molecule has 0 bridgehead atoms. The monoisotopic (exact) mass is 226 g/mol. The van der Waals surface area contributed by atoms with Gasteiger partial charge in [0.15, 0.2) is 5.29 Å². The summed E-state index contributed by atoms with van der Waals surface area (Å²) in [4.78, 5) is 6.11. The second-order valence-corrected chi connectivity index (χ2v) is 3.59. The van der Waals surface area contributed by atoms with Crippen molar-refractivity contribution < 1.29 is 0 Å². The maximum Gasteiger partial charge on any atom is 0.194 e. The van der Waals surface area contributed by atoms with E-state index in [1.807, 2.05) is 25.8 Å². The van der Waals surface area contributed by atoms with E-state index >= 15 is 0 Å². The zero-order valence-electron chi connectivity index (χ0n) is 6.43. The summed E-state index contributed by atoms with van der Waals surface area (Å²) in [7, 11) is 1.89. The van der Waals surface area contributed by atoms with Gasteiger partial charge < -0.3 is 4.90 Å². The Morgan fingerprint density at radius 3 is 2.60 bits per heavy atom. The van der Waals surface area contributed by atoms with Gasteiger partial charge in [-0.05, 0) is 25.4 Å². The SMILES string of the molecule is CC/N=C(/Cl)N(C)C(C)Br. The third-order valence-corrected chi connectivity index (χ3v) is 2.11. The molecule has 60 valence electrons. The summed E-state index contributed by atoms with van der Waals surface area (Å²) < 4.78 is 0. The molecule has 0 aliphatic rings. The Balaban J connectivity index is 3.93. The molecule has 0 aliphatic carbocycles. The van der Waals surface area contributed by atoms with Crippen LogP contribution in [0.15, 0.2) is 4.99 Å². The van der Waals surface area contributed by atoms with Crippen LogP contribution in [0.3, 0.4) is 0 Å². The molecule has 1 atom stereocenters. The summed E-state index contributed by atoms with van der Waals surface area (Å²) in [5.74, 6) is 0. The molecule has 0 saturated carbocycles. The average molecular weight is 228 g/mol. The van der Waals surface area contributed by atoms with Crippen molar-refractivity contribution in [3.8, 4) is 0 Å². The van der Waals surface area contributed by atoms with Gasteiger partial charge in [0.1, 0.15) is 0 Å². The largest absolute Gasteiger partial charge is 0.338 e. The van der Waals surface area contributed by atoms with Crippen LogP contribution in [0, 0.1) is 0 Å². The van der Waals surface area contributed by atoms with E-state index in [2.05, 4.69) is 20.9 Å². The van der Waals surface area contributed by atoms with Gasteiger partial charge in [-0.25, -0.2) is 0 Å². The van der Waals surface area contributed by atoms with Crippen molar-refractivity contribution in [3.05, 3.63) is 0 Å². The first-order chi connectivity index (χ1) is 4.59. The van der Waals surface area contributed by atoms with Crippen molar-refractivity contribution in [1.82, 2.24) is 4.90 Å². The fourth-order valence-electron chi connectivity index (χ4n) is 0.389. The molecule has 1 unspecified atom stereocenters. The summed E-state index contributed by atoms with van der Waals surface area (Å²) in [6.07, 6.45) is 0. The smallest absolute Gasteiger partial charge is 0.194 e. The number of rotatable bonds is 2. The molecular weight excluding hydrogens is 215 g/mol. The number of hydrogen-bond donors (Lipinski definition) is 0. The van der Waals surface area contributed by atoms with Gasteiger partial charge in [-0.15, -0.1) is 0 Å². The van der Waals surface area contributed by atoms with Crippen LogP contribution in [-0.4, -0.2) is 28.7 Å². The number of halogens is 2. The Hall–Kier alpha value is 0.240. The lowest BCUT2D eigenvalue weighted by molar-refractivity contribution is 0.513. The summed E-state index contributed by atoms with van der Waals surface area (Å²) in [5.41, 5.74) is 0. The molecule has 2 nitrogen and oxygen atoms in total. The van der Waals surface area contributed by atoms with Crippen molar-refractivity contribution >= 4 is 32.8 Å². The summed E-state index contributed by atoms with van der Waals surface area (Å²) >= 11 is 9.14. The van der Waals surface area contributed by atoms with Crippen molar-refractivity contribution in [2.45, 2.75) is 18.8 Å². The van der Waals surface area contributed by atoms with E-state index in [0.717, 1.165) is 6.54 Å². The highest BCUT2D eigenvalue weighted by Crippen LogP contribution is 2.06. The Labute approximate surface area is 75.4 Å². The molecule has 0 heterocycles. The molecule has 0 N–H and O–H groups in total. The van der Waals surface area contributed by atoms with Gasteiger partial charge in [-0.2, -0.15) is 0 Å². The van der Waals surface area contributed by atoms with Crippen molar-refractivity contribution in [2.75, 3.05) is 13.6 Å².